The molecule has 0 atom stereocenters. The van der Waals surface area contributed by atoms with Crippen LogP contribution in [0.2, 0.25) is 5.02 Å². The zero-order valence-electron chi connectivity index (χ0n) is 18.8. The molecule has 8 heteroatoms. The van der Waals surface area contributed by atoms with Gasteiger partial charge in [0.05, 0.1) is 17.7 Å². The number of amides is 2. The Kier molecular flexibility index (Phi) is 7.58. The number of benzene rings is 3. The number of hydrogen-bond donors (Lipinski definition) is 0. The Balaban J connectivity index is 1.63. The standard InChI is InChI=1S/C27H21ClFNO4S/c1-3-4-19-13-18(14-23(33-2)25(19)34-16-17-5-9-21(29)10-6-17)15-24-26(31)30(27(32)35-24)22-11-7-20(28)8-12-22/h3,5-15H,1,4,16H2,2H3/b24-15+. The van der Waals surface area contributed by atoms with Crippen LogP contribution in [0, 0.1) is 5.82 Å². The molecule has 0 saturated carbocycles. The summed E-state index contributed by atoms with van der Waals surface area (Å²) in [4.78, 5) is 27.0. The topological polar surface area (TPSA) is 55.8 Å². The average molecular weight is 510 g/mol. The van der Waals surface area contributed by atoms with Crippen molar-refractivity contribution in [2.45, 2.75) is 13.0 Å². The van der Waals surface area contributed by atoms with Crippen molar-refractivity contribution >= 4 is 46.3 Å². The van der Waals surface area contributed by atoms with Crippen molar-refractivity contribution in [1.29, 1.82) is 0 Å². The van der Waals surface area contributed by atoms with Gasteiger partial charge in [0, 0.05) is 10.6 Å². The number of carbonyl (C=O) groups is 2. The highest BCUT2D eigenvalue weighted by Gasteiger charge is 2.36. The summed E-state index contributed by atoms with van der Waals surface area (Å²) in [5.41, 5.74) is 2.73. The van der Waals surface area contributed by atoms with Crippen molar-refractivity contribution in [3.63, 3.8) is 0 Å². The maximum absolute atomic E-state index is 13.2. The van der Waals surface area contributed by atoms with Crippen LogP contribution in [0.15, 0.2) is 78.2 Å². The van der Waals surface area contributed by atoms with Gasteiger partial charge in [-0.15, -0.1) is 6.58 Å². The van der Waals surface area contributed by atoms with Gasteiger partial charge in [0.2, 0.25) is 0 Å². The summed E-state index contributed by atoms with van der Waals surface area (Å²) >= 11 is 6.79. The van der Waals surface area contributed by atoms with Crippen molar-refractivity contribution < 1.29 is 23.5 Å². The first-order chi connectivity index (χ1) is 16.9. The number of anilines is 1. The van der Waals surface area contributed by atoms with E-state index < -0.39 is 5.91 Å². The molecule has 0 N–H and O–H groups in total. The van der Waals surface area contributed by atoms with Crippen molar-refractivity contribution in [2.24, 2.45) is 0 Å². The van der Waals surface area contributed by atoms with E-state index in [9.17, 15) is 14.0 Å². The number of carbonyl (C=O) groups excluding carboxylic acids is 2. The number of methoxy groups -OCH3 is 1. The number of ether oxygens (including phenoxy) is 2. The molecule has 1 aliphatic rings. The minimum Gasteiger partial charge on any atom is -0.493 e. The molecule has 0 unspecified atom stereocenters. The predicted molar refractivity (Wildman–Crippen MR) is 138 cm³/mol. The van der Waals surface area contributed by atoms with E-state index in [0.717, 1.165) is 27.8 Å². The lowest BCUT2D eigenvalue weighted by atomic mass is 10.0. The summed E-state index contributed by atoms with van der Waals surface area (Å²) in [6.45, 7) is 4.04. The normalized spacial score (nSPS) is 14.5. The molecular formula is C27H21ClFNO4S. The summed E-state index contributed by atoms with van der Waals surface area (Å²) in [7, 11) is 1.52. The van der Waals surface area contributed by atoms with E-state index in [4.69, 9.17) is 21.1 Å². The molecule has 0 bridgehead atoms. The maximum Gasteiger partial charge on any atom is 0.298 e. The van der Waals surface area contributed by atoms with E-state index in [2.05, 4.69) is 6.58 Å². The van der Waals surface area contributed by atoms with E-state index in [1.54, 1.807) is 54.6 Å². The van der Waals surface area contributed by atoms with Gasteiger partial charge in [-0.3, -0.25) is 9.59 Å². The van der Waals surface area contributed by atoms with Crippen molar-refractivity contribution in [1.82, 2.24) is 0 Å². The van der Waals surface area contributed by atoms with Crippen LogP contribution in [-0.4, -0.2) is 18.3 Å². The minimum absolute atomic E-state index is 0.222. The Morgan fingerprint density at radius 2 is 1.80 bits per heavy atom. The van der Waals surface area contributed by atoms with Crippen LogP contribution < -0.4 is 14.4 Å². The van der Waals surface area contributed by atoms with Gasteiger partial charge in [-0.05, 0) is 83.9 Å². The number of allylic oxidation sites excluding steroid dienone is 1. The van der Waals surface area contributed by atoms with Gasteiger partial charge >= 0.3 is 0 Å². The Morgan fingerprint density at radius 3 is 2.46 bits per heavy atom. The number of imide groups is 1. The van der Waals surface area contributed by atoms with Crippen molar-refractivity contribution in [3.8, 4) is 11.5 Å². The quantitative estimate of drug-likeness (QED) is 0.241. The number of halogens is 2. The van der Waals surface area contributed by atoms with Gasteiger partial charge in [0.25, 0.3) is 11.1 Å². The second kappa shape index (κ2) is 10.8. The lowest BCUT2D eigenvalue weighted by molar-refractivity contribution is -0.113. The fourth-order valence-corrected chi connectivity index (χ4v) is 4.52. The van der Waals surface area contributed by atoms with Crippen molar-refractivity contribution in [3.05, 3.63) is 106 Å². The summed E-state index contributed by atoms with van der Waals surface area (Å²) in [6, 6.07) is 16.2. The molecule has 0 aromatic heterocycles. The summed E-state index contributed by atoms with van der Waals surface area (Å²) < 4.78 is 24.8. The van der Waals surface area contributed by atoms with E-state index in [0.29, 0.717) is 34.2 Å². The Bertz CT molecular complexity index is 1310. The van der Waals surface area contributed by atoms with Crippen LogP contribution in [0.25, 0.3) is 6.08 Å². The molecule has 1 heterocycles. The molecule has 35 heavy (non-hydrogen) atoms. The highest BCUT2D eigenvalue weighted by molar-refractivity contribution is 8.19. The smallest absolute Gasteiger partial charge is 0.298 e. The van der Waals surface area contributed by atoms with Gasteiger partial charge in [-0.25, -0.2) is 9.29 Å². The number of hydrogen-bond acceptors (Lipinski definition) is 5. The molecule has 2 amide bonds. The van der Waals surface area contributed by atoms with Crippen LogP contribution >= 0.6 is 23.4 Å². The van der Waals surface area contributed by atoms with E-state index in [1.807, 2.05) is 6.07 Å². The van der Waals surface area contributed by atoms with E-state index >= 15 is 0 Å². The van der Waals surface area contributed by atoms with Gasteiger partial charge in [0.15, 0.2) is 11.5 Å². The van der Waals surface area contributed by atoms with Crippen LogP contribution in [-0.2, 0) is 17.8 Å². The van der Waals surface area contributed by atoms with Gasteiger partial charge in [-0.1, -0.05) is 29.8 Å². The molecule has 3 aromatic carbocycles. The number of nitrogens with zero attached hydrogens (tertiary/aromatic N) is 1. The lowest BCUT2D eigenvalue weighted by Gasteiger charge is -2.16. The van der Waals surface area contributed by atoms with Crippen LogP contribution in [0.1, 0.15) is 16.7 Å². The molecule has 4 rings (SSSR count). The molecule has 1 aliphatic heterocycles. The Morgan fingerprint density at radius 1 is 1.09 bits per heavy atom. The summed E-state index contributed by atoms with van der Waals surface area (Å²) in [6.07, 6.45) is 3.88. The van der Waals surface area contributed by atoms with E-state index in [-0.39, 0.29) is 22.6 Å². The zero-order chi connectivity index (χ0) is 24.9. The summed E-state index contributed by atoms with van der Waals surface area (Å²) in [5.74, 6) is 0.268. The number of rotatable bonds is 8. The van der Waals surface area contributed by atoms with Crippen LogP contribution in [0.4, 0.5) is 14.9 Å². The molecule has 3 aromatic rings. The molecule has 0 spiro atoms. The highest BCUT2D eigenvalue weighted by Crippen LogP contribution is 2.39. The SMILES string of the molecule is C=CCc1cc(/C=C2/SC(=O)N(c3ccc(Cl)cc3)C2=O)cc(OC)c1OCc1ccc(F)cc1. The van der Waals surface area contributed by atoms with E-state index in [1.165, 1.54) is 19.2 Å². The molecule has 0 radical (unpaired) electrons. The third-order valence-electron chi connectivity index (χ3n) is 5.21. The molecule has 5 nitrogen and oxygen atoms in total. The molecule has 178 valence electrons. The largest absolute Gasteiger partial charge is 0.493 e. The molecule has 1 saturated heterocycles. The first-order valence-electron chi connectivity index (χ1n) is 10.6. The van der Waals surface area contributed by atoms with Gasteiger partial charge in [0.1, 0.15) is 12.4 Å². The second-order valence-corrected chi connectivity index (χ2v) is 9.04. The molecule has 0 aliphatic carbocycles. The minimum atomic E-state index is -0.414. The first-order valence-corrected chi connectivity index (χ1v) is 11.8. The predicted octanol–water partition coefficient (Wildman–Crippen LogP) is 7.04. The fraction of sp³-hybridized carbons (Fsp3) is 0.111. The Hall–Kier alpha value is -3.55. The summed E-state index contributed by atoms with van der Waals surface area (Å²) in [5, 5.41) is 0.126. The van der Waals surface area contributed by atoms with Crippen molar-refractivity contribution in [2.75, 3.05) is 12.0 Å². The van der Waals surface area contributed by atoms with Crippen LogP contribution in [0.5, 0.6) is 11.5 Å². The molecule has 1 fully saturated rings. The first kappa shape index (κ1) is 24.6. The third-order valence-corrected chi connectivity index (χ3v) is 6.33. The number of thioether (sulfide) groups is 1. The third kappa shape index (κ3) is 5.58. The molecular weight excluding hydrogens is 489 g/mol. The maximum atomic E-state index is 13.2. The fourth-order valence-electron chi connectivity index (χ4n) is 3.56. The lowest BCUT2D eigenvalue weighted by Crippen LogP contribution is -2.27. The van der Waals surface area contributed by atoms with Gasteiger partial charge in [-0.2, -0.15) is 0 Å². The second-order valence-electron chi connectivity index (χ2n) is 7.61. The van der Waals surface area contributed by atoms with Gasteiger partial charge < -0.3 is 9.47 Å². The monoisotopic (exact) mass is 509 g/mol. The highest BCUT2D eigenvalue weighted by atomic mass is 35.5. The Labute approximate surface area is 211 Å². The zero-order valence-corrected chi connectivity index (χ0v) is 20.4. The average Bonchev–Trinajstić information content (AvgIpc) is 3.12. The van der Waals surface area contributed by atoms with Crippen LogP contribution in [0.3, 0.4) is 0 Å².